The highest BCUT2D eigenvalue weighted by Crippen LogP contribution is 2.29. The van der Waals surface area contributed by atoms with Gasteiger partial charge in [-0.3, -0.25) is 4.79 Å². The molecule has 3 rings (SSSR count). The van der Waals surface area contributed by atoms with Crippen molar-refractivity contribution in [2.45, 2.75) is 0 Å². The number of amides is 1. The van der Waals surface area contributed by atoms with Crippen molar-refractivity contribution in [2.24, 2.45) is 0 Å². The summed E-state index contributed by atoms with van der Waals surface area (Å²) >= 11 is 17.2. The van der Waals surface area contributed by atoms with Crippen LogP contribution in [0.1, 0.15) is 5.56 Å². The van der Waals surface area contributed by atoms with Crippen molar-refractivity contribution in [3.8, 4) is 0 Å². The molecule has 1 fully saturated rings. The van der Waals surface area contributed by atoms with Gasteiger partial charge >= 0.3 is 0 Å². The number of para-hydroxylation sites is 1. The van der Waals surface area contributed by atoms with E-state index < -0.39 is 11.7 Å². The van der Waals surface area contributed by atoms with Gasteiger partial charge in [0, 0.05) is 0 Å². The maximum absolute atomic E-state index is 13.9. The lowest BCUT2D eigenvalue weighted by molar-refractivity contribution is -0.113. The lowest BCUT2D eigenvalue weighted by Gasteiger charge is -2.14. The number of hydrogen-bond acceptors (Lipinski definition) is 2. The molecule has 1 aliphatic rings. The molecule has 0 spiro atoms. The van der Waals surface area contributed by atoms with E-state index in [0.29, 0.717) is 15.6 Å². The molecule has 0 unspecified atom stereocenters. The largest absolute Gasteiger partial charge is 0.327 e. The zero-order valence-electron chi connectivity index (χ0n) is 11.5. The summed E-state index contributed by atoms with van der Waals surface area (Å²) in [5.74, 6) is -0.997. The van der Waals surface area contributed by atoms with Crippen LogP contribution in [-0.2, 0) is 4.79 Å². The number of nitrogens with zero attached hydrogens (tertiary/aromatic N) is 1. The van der Waals surface area contributed by atoms with Crippen LogP contribution in [0, 0.1) is 5.82 Å². The van der Waals surface area contributed by atoms with E-state index in [4.69, 9.17) is 35.4 Å². The van der Waals surface area contributed by atoms with Gasteiger partial charge in [-0.25, -0.2) is 9.29 Å². The molecule has 1 heterocycles. The van der Waals surface area contributed by atoms with Gasteiger partial charge in [0.1, 0.15) is 11.5 Å². The second-order valence-corrected chi connectivity index (χ2v) is 5.90. The van der Waals surface area contributed by atoms with Gasteiger partial charge in [-0.1, -0.05) is 47.5 Å². The summed E-state index contributed by atoms with van der Waals surface area (Å²) in [7, 11) is 0. The molecule has 116 valence electrons. The Morgan fingerprint density at radius 1 is 1.13 bits per heavy atom. The normalized spacial score (nSPS) is 16.1. The van der Waals surface area contributed by atoms with Crippen LogP contribution < -0.4 is 10.2 Å². The summed E-state index contributed by atoms with van der Waals surface area (Å²) in [6.07, 6.45) is 1.53. The molecule has 3 nitrogen and oxygen atoms in total. The summed E-state index contributed by atoms with van der Waals surface area (Å²) in [6.45, 7) is 0. The van der Waals surface area contributed by atoms with Crippen LogP contribution in [0.2, 0.25) is 10.0 Å². The van der Waals surface area contributed by atoms with Crippen LogP contribution in [0.25, 0.3) is 6.08 Å². The number of hydrogen-bond donors (Lipinski definition) is 1. The Morgan fingerprint density at radius 3 is 2.61 bits per heavy atom. The van der Waals surface area contributed by atoms with Crippen LogP contribution in [0.15, 0.2) is 48.2 Å². The molecule has 1 N–H and O–H groups in total. The second kappa shape index (κ2) is 6.28. The van der Waals surface area contributed by atoms with E-state index in [1.54, 1.807) is 30.3 Å². The molecule has 2 aromatic rings. The highest BCUT2D eigenvalue weighted by molar-refractivity contribution is 7.80. The highest BCUT2D eigenvalue weighted by atomic mass is 35.5. The number of thiocarbonyl (C=S) groups is 1. The quantitative estimate of drug-likeness (QED) is 0.631. The third kappa shape index (κ3) is 2.95. The summed E-state index contributed by atoms with van der Waals surface area (Å²) in [5.41, 5.74) is 0.853. The Bertz CT molecular complexity index is 854. The average Bonchev–Trinajstić information content (AvgIpc) is 2.79. The van der Waals surface area contributed by atoms with Crippen LogP contribution in [-0.4, -0.2) is 11.0 Å². The molecule has 1 saturated heterocycles. The van der Waals surface area contributed by atoms with Crippen LogP contribution in [0.4, 0.5) is 10.1 Å². The first-order chi connectivity index (χ1) is 11.0. The molecule has 0 bridgehead atoms. The van der Waals surface area contributed by atoms with E-state index >= 15 is 0 Å². The first kappa shape index (κ1) is 15.9. The van der Waals surface area contributed by atoms with E-state index in [0.717, 1.165) is 4.90 Å². The molecule has 0 radical (unpaired) electrons. The summed E-state index contributed by atoms with van der Waals surface area (Å²) in [6, 6.07) is 11.0. The van der Waals surface area contributed by atoms with E-state index in [-0.39, 0.29) is 16.5 Å². The highest BCUT2D eigenvalue weighted by Gasteiger charge is 2.33. The molecule has 23 heavy (non-hydrogen) atoms. The SMILES string of the molecule is O=C1/C(=C\c2cccc(Cl)c2Cl)NC(=S)N1c1ccccc1F. The summed E-state index contributed by atoms with van der Waals surface area (Å²) in [4.78, 5) is 13.6. The smallest absolute Gasteiger partial charge is 0.281 e. The number of anilines is 1. The fourth-order valence-corrected chi connectivity index (χ4v) is 2.83. The maximum Gasteiger partial charge on any atom is 0.281 e. The molecule has 0 aliphatic carbocycles. The van der Waals surface area contributed by atoms with Crippen LogP contribution in [0.5, 0.6) is 0 Å². The number of carbonyl (C=O) groups is 1. The van der Waals surface area contributed by atoms with Gasteiger partial charge in [-0.15, -0.1) is 0 Å². The van der Waals surface area contributed by atoms with Gasteiger partial charge in [0.25, 0.3) is 5.91 Å². The van der Waals surface area contributed by atoms with Crippen molar-refractivity contribution in [1.29, 1.82) is 0 Å². The predicted molar refractivity (Wildman–Crippen MR) is 94.1 cm³/mol. The molecular weight excluding hydrogens is 358 g/mol. The van der Waals surface area contributed by atoms with Crippen LogP contribution >= 0.6 is 35.4 Å². The van der Waals surface area contributed by atoms with Crippen molar-refractivity contribution in [2.75, 3.05) is 4.90 Å². The van der Waals surface area contributed by atoms with Crippen molar-refractivity contribution >= 4 is 58.2 Å². The van der Waals surface area contributed by atoms with E-state index in [2.05, 4.69) is 5.32 Å². The van der Waals surface area contributed by atoms with Gasteiger partial charge < -0.3 is 5.32 Å². The van der Waals surface area contributed by atoms with Crippen molar-refractivity contribution in [3.63, 3.8) is 0 Å². The molecule has 1 amide bonds. The minimum absolute atomic E-state index is 0.0931. The minimum atomic E-state index is -0.535. The number of carbonyl (C=O) groups excluding carboxylic acids is 1. The molecule has 1 aliphatic heterocycles. The zero-order valence-corrected chi connectivity index (χ0v) is 13.8. The Hall–Kier alpha value is -1.95. The summed E-state index contributed by atoms with van der Waals surface area (Å²) < 4.78 is 13.9. The van der Waals surface area contributed by atoms with Gasteiger partial charge in [0.2, 0.25) is 0 Å². The van der Waals surface area contributed by atoms with E-state index in [1.807, 2.05) is 0 Å². The fourth-order valence-electron chi connectivity index (χ4n) is 2.17. The van der Waals surface area contributed by atoms with Crippen molar-refractivity contribution in [1.82, 2.24) is 5.32 Å². The Kier molecular flexibility index (Phi) is 4.35. The Labute approximate surface area is 147 Å². The lowest BCUT2D eigenvalue weighted by atomic mass is 10.2. The third-order valence-corrected chi connectivity index (χ3v) is 4.37. The molecular formula is C16H9Cl2FN2OS. The van der Waals surface area contributed by atoms with Crippen LogP contribution in [0.3, 0.4) is 0 Å². The fraction of sp³-hybridized carbons (Fsp3) is 0. The standard InChI is InChI=1S/C16H9Cl2FN2OS/c17-10-5-3-4-9(14(10)18)8-12-15(22)21(16(23)20-12)13-7-2-1-6-11(13)19/h1-8H,(H,20,23)/b12-8+. The van der Waals surface area contributed by atoms with Gasteiger partial charge in [0.05, 0.1) is 15.7 Å². The van der Waals surface area contributed by atoms with Gasteiger partial charge in [-0.05, 0) is 42.1 Å². The number of halogens is 3. The first-order valence-corrected chi connectivity index (χ1v) is 7.71. The second-order valence-electron chi connectivity index (χ2n) is 4.72. The van der Waals surface area contributed by atoms with Gasteiger partial charge in [-0.2, -0.15) is 0 Å². The van der Waals surface area contributed by atoms with Gasteiger partial charge in [0.15, 0.2) is 5.11 Å². The van der Waals surface area contributed by atoms with Crippen molar-refractivity contribution < 1.29 is 9.18 Å². The third-order valence-electron chi connectivity index (χ3n) is 3.25. The van der Waals surface area contributed by atoms with E-state index in [1.165, 1.54) is 18.2 Å². The molecule has 2 aromatic carbocycles. The molecule has 7 heteroatoms. The molecule has 0 aromatic heterocycles. The number of rotatable bonds is 2. The number of nitrogens with one attached hydrogen (secondary N) is 1. The minimum Gasteiger partial charge on any atom is -0.327 e. The summed E-state index contributed by atoms with van der Waals surface area (Å²) in [5, 5.41) is 3.58. The van der Waals surface area contributed by atoms with Crippen molar-refractivity contribution in [3.05, 3.63) is 69.6 Å². The zero-order chi connectivity index (χ0) is 16.6. The monoisotopic (exact) mass is 366 g/mol. The molecule has 0 saturated carbocycles. The number of benzene rings is 2. The maximum atomic E-state index is 13.9. The Morgan fingerprint density at radius 2 is 1.87 bits per heavy atom. The Balaban J connectivity index is 2.00. The first-order valence-electron chi connectivity index (χ1n) is 6.54. The predicted octanol–water partition coefficient (Wildman–Crippen LogP) is 4.39. The topological polar surface area (TPSA) is 32.3 Å². The average molecular weight is 367 g/mol. The molecule has 0 atom stereocenters. The van der Waals surface area contributed by atoms with E-state index in [9.17, 15) is 9.18 Å². The lowest BCUT2D eigenvalue weighted by Crippen LogP contribution is -2.31.